The highest BCUT2D eigenvalue weighted by molar-refractivity contribution is 5.75. The molecule has 2 aromatic carbocycles. The van der Waals surface area contributed by atoms with Gasteiger partial charge in [0.15, 0.2) is 0 Å². The molecule has 1 unspecified atom stereocenters. The van der Waals surface area contributed by atoms with Gasteiger partial charge in [0, 0.05) is 12.1 Å². The Morgan fingerprint density at radius 3 is 2.35 bits per heavy atom. The number of nitro groups is 1. The molecule has 0 saturated carbocycles. The molecule has 0 radical (unpaired) electrons. The van der Waals surface area contributed by atoms with Gasteiger partial charge in [-0.25, -0.2) is 0 Å². The second-order valence-corrected chi connectivity index (χ2v) is 5.16. The molecule has 2 rings (SSSR count). The number of nitrogens with two attached hydrogens (primary N) is 1. The van der Waals surface area contributed by atoms with E-state index in [9.17, 15) is 14.9 Å². The van der Waals surface area contributed by atoms with E-state index in [0.717, 1.165) is 5.56 Å². The van der Waals surface area contributed by atoms with Crippen LogP contribution in [0.15, 0.2) is 54.6 Å². The van der Waals surface area contributed by atoms with Crippen molar-refractivity contribution in [2.75, 3.05) is 0 Å². The van der Waals surface area contributed by atoms with Crippen LogP contribution in [0.4, 0.5) is 5.69 Å². The molecular formula is C17H18N2O4. The van der Waals surface area contributed by atoms with Crippen molar-refractivity contribution in [2.45, 2.75) is 25.5 Å². The zero-order valence-electron chi connectivity index (χ0n) is 12.6. The molecule has 120 valence electrons. The molecule has 0 heterocycles. The van der Waals surface area contributed by atoms with Gasteiger partial charge < -0.3 is 10.5 Å². The van der Waals surface area contributed by atoms with E-state index in [2.05, 4.69) is 0 Å². The van der Waals surface area contributed by atoms with Gasteiger partial charge in [-0.2, -0.15) is 0 Å². The molecule has 0 amide bonds. The van der Waals surface area contributed by atoms with Gasteiger partial charge in [0.25, 0.3) is 5.69 Å². The van der Waals surface area contributed by atoms with Crippen LogP contribution in [0, 0.1) is 10.1 Å². The molecule has 6 heteroatoms. The molecule has 0 aliphatic carbocycles. The molecule has 0 aromatic heterocycles. The number of benzene rings is 2. The zero-order valence-corrected chi connectivity index (χ0v) is 12.6. The summed E-state index contributed by atoms with van der Waals surface area (Å²) >= 11 is 0. The largest absolute Gasteiger partial charge is 0.460 e. The van der Waals surface area contributed by atoms with E-state index >= 15 is 0 Å². The Morgan fingerprint density at radius 2 is 1.74 bits per heavy atom. The fraction of sp³-hybridized carbons (Fsp3) is 0.235. The van der Waals surface area contributed by atoms with Crippen LogP contribution in [0.3, 0.4) is 0 Å². The van der Waals surface area contributed by atoms with Crippen molar-refractivity contribution in [2.24, 2.45) is 5.73 Å². The number of esters is 1. The molecule has 6 nitrogen and oxygen atoms in total. The predicted molar refractivity (Wildman–Crippen MR) is 85.6 cm³/mol. The predicted octanol–water partition coefficient (Wildman–Crippen LogP) is 2.60. The third-order valence-electron chi connectivity index (χ3n) is 3.42. The van der Waals surface area contributed by atoms with E-state index in [1.807, 2.05) is 30.3 Å². The molecule has 2 N–H and O–H groups in total. The topological polar surface area (TPSA) is 95.5 Å². The second-order valence-electron chi connectivity index (χ2n) is 5.16. The summed E-state index contributed by atoms with van der Waals surface area (Å²) in [6.07, 6.45) is 1.21. The Kier molecular flexibility index (Phi) is 5.82. The highest BCUT2D eigenvalue weighted by atomic mass is 16.6. The molecule has 1 atom stereocenters. The number of nitrogens with zero attached hydrogens (tertiary/aromatic N) is 1. The average Bonchev–Trinajstić information content (AvgIpc) is 2.58. The summed E-state index contributed by atoms with van der Waals surface area (Å²) in [5.74, 6) is -0.473. The third-order valence-corrected chi connectivity index (χ3v) is 3.42. The van der Waals surface area contributed by atoms with E-state index in [4.69, 9.17) is 10.5 Å². The molecule has 0 aliphatic heterocycles. The minimum Gasteiger partial charge on any atom is -0.460 e. The zero-order chi connectivity index (χ0) is 16.7. The highest BCUT2D eigenvalue weighted by Crippen LogP contribution is 2.13. The summed E-state index contributed by atoms with van der Waals surface area (Å²) in [5, 5.41) is 10.6. The van der Waals surface area contributed by atoms with Crippen LogP contribution in [-0.2, 0) is 22.6 Å². The SMILES string of the molecule is NC(CCc1ccccc1)C(=O)OCc1ccc([N+](=O)[O-])cc1. The van der Waals surface area contributed by atoms with Gasteiger partial charge in [0.2, 0.25) is 0 Å². The van der Waals surface area contributed by atoms with Crippen LogP contribution in [0.1, 0.15) is 17.5 Å². The van der Waals surface area contributed by atoms with Crippen molar-refractivity contribution in [3.8, 4) is 0 Å². The van der Waals surface area contributed by atoms with E-state index in [0.29, 0.717) is 18.4 Å². The van der Waals surface area contributed by atoms with Gasteiger partial charge in [0.05, 0.1) is 4.92 Å². The second kappa shape index (κ2) is 8.05. The molecule has 0 bridgehead atoms. The summed E-state index contributed by atoms with van der Waals surface area (Å²) < 4.78 is 5.14. The van der Waals surface area contributed by atoms with Crippen LogP contribution in [-0.4, -0.2) is 16.9 Å². The van der Waals surface area contributed by atoms with Gasteiger partial charge >= 0.3 is 5.97 Å². The Hall–Kier alpha value is -2.73. The number of rotatable bonds is 7. The summed E-state index contributed by atoms with van der Waals surface area (Å²) in [4.78, 5) is 21.9. The number of non-ortho nitro benzene ring substituents is 1. The first-order valence-corrected chi connectivity index (χ1v) is 7.26. The Morgan fingerprint density at radius 1 is 1.09 bits per heavy atom. The maximum Gasteiger partial charge on any atom is 0.323 e. The summed E-state index contributed by atoms with van der Waals surface area (Å²) in [6.45, 7) is 0.0515. The van der Waals surface area contributed by atoms with Crippen LogP contribution in [0.25, 0.3) is 0 Å². The molecule has 0 aliphatic rings. The number of hydrogen-bond donors (Lipinski definition) is 1. The van der Waals surface area contributed by atoms with Crippen LogP contribution in [0.2, 0.25) is 0 Å². The monoisotopic (exact) mass is 314 g/mol. The number of carbonyl (C=O) groups excluding carboxylic acids is 1. The lowest BCUT2D eigenvalue weighted by molar-refractivity contribution is -0.384. The number of ether oxygens (including phenoxy) is 1. The lowest BCUT2D eigenvalue weighted by Gasteiger charge is -2.11. The number of hydrogen-bond acceptors (Lipinski definition) is 5. The van der Waals surface area contributed by atoms with Crippen molar-refractivity contribution >= 4 is 11.7 Å². The first-order chi connectivity index (χ1) is 11.1. The number of aryl methyl sites for hydroxylation is 1. The first-order valence-electron chi connectivity index (χ1n) is 7.26. The molecule has 23 heavy (non-hydrogen) atoms. The standard InChI is InChI=1S/C17H18N2O4/c18-16(11-8-13-4-2-1-3-5-13)17(20)23-12-14-6-9-15(10-7-14)19(21)22/h1-7,9-10,16H,8,11-12,18H2. The minimum atomic E-state index is -0.687. The Balaban J connectivity index is 1.78. The fourth-order valence-electron chi connectivity index (χ4n) is 2.06. The molecule has 0 saturated heterocycles. The number of nitro benzene ring substituents is 1. The molecular weight excluding hydrogens is 296 g/mol. The molecule has 2 aromatic rings. The maximum atomic E-state index is 11.9. The van der Waals surface area contributed by atoms with Gasteiger partial charge in [-0.05, 0) is 36.1 Å². The van der Waals surface area contributed by atoms with Gasteiger partial charge in [-0.3, -0.25) is 14.9 Å². The van der Waals surface area contributed by atoms with E-state index in [-0.39, 0.29) is 12.3 Å². The summed E-state index contributed by atoms with van der Waals surface area (Å²) in [7, 11) is 0. The maximum absolute atomic E-state index is 11.9. The smallest absolute Gasteiger partial charge is 0.323 e. The average molecular weight is 314 g/mol. The molecule has 0 fully saturated rings. The van der Waals surface area contributed by atoms with Crippen molar-refractivity contribution in [3.05, 3.63) is 75.8 Å². The van der Waals surface area contributed by atoms with Crippen molar-refractivity contribution in [1.82, 2.24) is 0 Å². The first kappa shape index (κ1) is 16.6. The van der Waals surface area contributed by atoms with Crippen molar-refractivity contribution in [1.29, 1.82) is 0 Å². The van der Waals surface area contributed by atoms with Crippen molar-refractivity contribution < 1.29 is 14.5 Å². The van der Waals surface area contributed by atoms with Crippen LogP contribution >= 0.6 is 0 Å². The van der Waals surface area contributed by atoms with Crippen molar-refractivity contribution in [3.63, 3.8) is 0 Å². The van der Waals surface area contributed by atoms with Crippen LogP contribution in [0.5, 0.6) is 0 Å². The normalized spacial score (nSPS) is 11.7. The Bertz CT molecular complexity index is 656. The highest BCUT2D eigenvalue weighted by Gasteiger charge is 2.15. The van der Waals surface area contributed by atoms with E-state index in [1.165, 1.54) is 12.1 Å². The van der Waals surface area contributed by atoms with Gasteiger partial charge in [-0.1, -0.05) is 30.3 Å². The van der Waals surface area contributed by atoms with E-state index < -0.39 is 16.9 Å². The van der Waals surface area contributed by atoms with E-state index in [1.54, 1.807) is 12.1 Å². The molecule has 0 spiro atoms. The van der Waals surface area contributed by atoms with Gasteiger partial charge in [0.1, 0.15) is 12.6 Å². The lowest BCUT2D eigenvalue weighted by Crippen LogP contribution is -2.32. The summed E-state index contributed by atoms with van der Waals surface area (Å²) in [5.41, 5.74) is 7.63. The summed E-state index contributed by atoms with van der Waals surface area (Å²) in [6, 6.07) is 14.9. The van der Waals surface area contributed by atoms with Crippen LogP contribution < -0.4 is 5.73 Å². The minimum absolute atomic E-state index is 0.000334. The quantitative estimate of drug-likeness (QED) is 0.481. The fourth-order valence-corrected chi connectivity index (χ4v) is 2.06. The lowest BCUT2D eigenvalue weighted by atomic mass is 10.1. The third kappa shape index (κ3) is 5.19. The Labute approximate surface area is 134 Å². The number of carbonyl (C=O) groups is 1. The van der Waals surface area contributed by atoms with Gasteiger partial charge in [-0.15, -0.1) is 0 Å².